The van der Waals surface area contributed by atoms with Crippen LogP contribution < -0.4 is 5.73 Å². The molecule has 198 valence electrons. The average molecular weight is 587 g/mol. The van der Waals surface area contributed by atoms with Gasteiger partial charge in [0.25, 0.3) is 0 Å². The van der Waals surface area contributed by atoms with E-state index in [0.29, 0.717) is 0 Å². The first-order valence-corrected chi connectivity index (χ1v) is 14.7. The minimum Gasteiger partial charge on any atom is -0.387 e. The highest BCUT2D eigenvalue weighted by atomic mass is 31.3. The van der Waals surface area contributed by atoms with Crippen LogP contribution in [-0.2, 0) is 40.5 Å². The Balaban J connectivity index is 1.79. The van der Waals surface area contributed by atoms with E-state index in [2.05, 4.69) is 32.4 Å². The van der Waals surface area contributed by atoms with Crippen LogP contribution in [0, 0.1) is 0 Å². The number of hydrogen-bond donors (Lipinski definition) is 8. The molecule has 21 nitrogen and oxygen atoms in total. The number of aromatic nitrogens is 4. The van der Waals surface area contributed by atoms with Crippen molar-refractivity contribution in [1.82, 2.24) is 19.5 Å². The SMILES string of the molecule is Nc1ncnc2c1ncn2[C@@H]1O[C@H](COP(=O)(OP(=O)(O)O)OP(=O)(O)OP(=O)(O)O)[C@@H](O)[C@H]1O. The Kier molecular flexibility index (Phi) is 8.04. The van der Waals surface area contributed by atoms with Crippen molar-refractivity contribution in [3.8, 4) is 0 Å². The molecule has 0 aromatic carbocycles. The van der Waals surface area contributed by atoms with Crippen LogP contribution in [0.5, 0.6) is 0 Å². The minimum atomic E-state index is -6.00. The van der Waals surface area contributed by atoms with E-state index in [0.717, 1.165) is 17.2 Å². The maximum Gasteiger partial charge on any atom is 0.492 e. The summed E-state index contributed by atoms with van der Waals surface area (Å²) >= 11 is 0. The molecule has 1 fully saturated rings. The van der Waals surface area contributed by atoms with Gasteiger partial charge in [0, 0.05) is 0 Å². The number of aliphatic hydroxyl groups excluding tert-OH is 2. The van der Waals surface area contributed by atoms with Crippen molar-refractivity contribution in [2.24, 2.45) is 0 Å². The lowest BCUT2D eigenvalue weighted by molar-refractivity contribution is -0.0502. The molecule has 3 heterocycles. The normalized spacial score (nSPS) is 27.1. The third-order valence-corrected chi connectivity index (χ3v) is 9.43. The predicted molar refractivity (Wildman–Crippen MR) is 106 cm³/mol. The first-order valence-electron chi connectivity index (χ1n) is 8.67. The monoisotopic (exact) mass is 587 g/mol. The highest BCUT2D eigenvalue weighted by Crippen LogP contribution is 2.72. The number of hydrogen-bond acceptors (Lipinski definition) is 15. The van der Waals surface area contributed by atoms with Gasteiger partial charge in [-0.2, -0.15) is 12.9 Å². The summed E-state index contributed by atoms with van der Waals surface area (Å²) in [5.74, 6) is -0.0136. The van der Waals surface area contributed by atoms with Gasteiger partial charge in [0.15, 0.2) is 17.7 Å². The van der Waals surface area contributed by atoms with E-state index in [1.54, 1.807) is 0 Å². The number of nitrogen functional groups attached to an aromatic ring is 1. The molecule has 25 heteroatoms. The Bertz CT molecular complexity index is 1270. The summed E-state index contributed by atoms with van der Waals surface area (Å²) in [6.45, 7) is -1.17. The molecular formula is C10H17N5O16P4. The smallest absolute Gasteiger partial charge is 0.387 e. The molecule has 0 amide bonds. The minimum absolute atomic E-state index is 0.0136. The summed E-state index contributed by atoms with van der Waals surface area (Å²) in [7, 11) is -23.4. The molecule has 2 aromatic rings. The van der Waals surface area contributed by atoms with Gasteiger partial charge in [-0.25, -0.2) is 33.2 Å². The lowest BCUT2D eigenvalue weighted by Gasteiger charge is -2.22. The summed E-state index contributed by atoms with van der Waals surface area (Å²) in [5.41, 5.74) is 5.86. The second-order valence-corrected chi connectivity index (χ2v) is 12.6. The molecule has 2 aromatic heterocycles. The van der Waals surface area contributed by atoms with Crippen LogP contribution >= 0.6 is 31.3 Å². The Morgan fingerprint density at radius 1 is 0.943 bits per heavy atom. The van der Waals surface area contributed by atoms with Crippen LogP contribution in [-0.4, -0.2) is 79.1 Å². The topological polar surface area (TPSA) is 326 Å². The van der Waals surface area contributed by atoms with Crippen molar-refractivity contribution >= 4 is 48.3 Å². The molecule has 0 radical (unpaired) electrons. The Labute approximate surface area is 193 Å². The lowest BCUT2D eigenvalue weighted by atomic mass is 10.1. The molecule has 0 aliphatic carbocycles. The second-order valence-electron chi connectivity index (χ2n) is 6.57. The molecule has 0 saturated carbocycles. The number of rotatable bonds is 10. The first-order chi connectivity index (χ1) is 15.9. The van der Waals surface area contributed by atoms with Crippen LogP contribution in [0.2, 0.25) is 0 Å². The molecule has 1 aliphatic heterocycles. The number of ether oxygens (including phenoxy) is 1. The van der Waals surface area contributed by atoms with E-state index in [4.69, 9.17) is 30.0 Å². The van der Waals surface area contributed by atoms with Gasteiger partial charge in [-0.1, -0.05) is 0 Å². The van der Waals surface area contributed by atoms with Gasteiger partial charge in [0.05, 0.1) is 12.9 Å². The number of nitrogens with two attached hydrogens (primary N) is 1. The third-order valence-electron chi connectivity index (χ3n) is 4.01. The van der Waals surface area contributed by atoms with Crippen LogP contribution in [0.3, 0.4) is 0 Å². The molecule has 1 saturated heterocycles. The largest absolute Gasteiger partial charge is 0.492 e. The third kappa shape index (κ3) is 7.18. The zero-order valence-corrected chi connectivity index (χ0v) is 20.2. The van der Waals surface area contributed by atoms with Crippen LogP contribution in [0.15, 0.2) is 12.7 Å². The average Bonchev–Trinajstić information content (AvgIpc) is 3.19. The van der Waals surface area contributed by atoms with Gasteiger partial charge in [0.1, 0.15) is 30.2 Å². The lowest BCUT2D eigenvalue weighted by Crippen LogP contribution is -2.33. The van der Waals surface area contributed by atoms with Crippen LogP contribution in [0.4, 0.5) is 5.82 Å². The fourth-order valence-electron chi connectivity index (χ4n) is 2.79. The summed E-state index contributed by atoms with van der Waals surface area (Å²) in [5, 5.41) is 20.6. The van der Waals surface area contributed by atoms with Crippen molar-refractivity contribution < 1.29 is 75.1 Å². The molecule has 3 rings (SSSR count). The van der Waals surface area contributed by atoms with Crippen LogP contribution in [0.25, 0.3) is 11.2 Å². The molecular weight excluding hydrogens is 570 g/mol. The highest BCUT2D eigenvalue weighted by Gasteiger charge is 2.49. The molecule has 35 heavy (non-hydrogen) atoms. The van der Waals surface area contributed by atoms with E-state index < -0.39 is 62.4 Å². The second kappa shape index (κ2) is 9.92. The maximum atomic E-state index is 12.5. The standard InChI is InChI=1S/C10H17N5O16P4/c11-8-5-9(13-2-12-8)15(3-14-5)10-7(17)6(16)4(28-10)1-27-35(26,30-33(21,22)23)31-34(24,25)29-32(18,19)20/h2-4,6-7,10,16-17H,1H2,(H,24,25)(H2,11,12,13)(H2,18,19,20)(H2,21,22,23)/t4-,6-,7-,10-,35?/m1/s1. The number of imidazole rings is 1. The highest BCUT2D eigenvalue weighted by molar-refractivity contribution is 7.69. The maximum absolute atomic E-state index is 12.5. The van der Waals surface area contributed by atoms with E-state index in [-0.39, 0.29) is 17.0 Å². The van der Waals surface area contributed by atoms with Gasteiger partial charge < -0.3 is 45.2 Å². The van der Waals surface area contributed by atoms with Gasteiger partial charge in [0.2, 0.25) is 0 Å². The molecule has 0 bridgehead atoms. The van der Waals surface area contributed by atoms with E-state index in [9.17, 15) is 33.4 Å². The molecule has 1 aliphatic rings. The molecule has 6 atom stereocenters. The quantitative estimate of drug-likeness (QED) is 0.146. The zero-order chi connectivity index (χ0) is 26.4. The van der Waals surface area contributed by atoms with Crippen molar-refractivity contribution in [3.63, 3.8) is 0 Å². The first kappa shape index (κ1) is 28.4. The van der Waals surface area contributed by atoms with Gasteiger partial charge >= 0.3 is 31.3 Å². The fraction of sp³-hybridized carbons (Fsp3) is 0.500. The van der Waals surface area contributed by atoms with Gasteiger partial charge in [-0.15, -0.1) is 0 Å². The number of aliphatic hydroxyl groups is 2. The van der Waals surface area contributed by atoms with E-state index >= 15 is 0 Å². The number of fused-ring (bicyclic) bond motifs is 1. The molecule has 9 N–H and O–H groups in total. The Morgan fingerprint density at radius 2 is 1.57 bits per heavy atom. The Hall–Kier alpha value is -1.21. The van der Waals surface area contributed by atoms with E-state index in [1.165, 1.54) is 0 Å². The number of anilines is 1. The molecule has 0 spiro atoms. The summed E-state index contributed by atoms with van der Waals surface area (Å²) in [4.78, 5) is 55.9. The van der Waals surface area contributed by atoms with Crippen molar-refractivity contribution in [1.29, 1.82) is 0 Å². The van der Waals surface area contributed by atoms with Gasteiger partial charge in [-0.3, -0.25) is 9.09 Å². The summed E-state index contributed by atoms with van der Waals surface area (Å²) in [6, 6.07) is 0. The van der Waals surface area contributed by atoms with Crippen molar-refractivity contribution in [2.75, 3.05) is 12.3 Å². The summed E-state index contributed by atoms with van der Waals surface area (Å²) < 4.78 is 68.1. The predicted octanol–water partition coefficient (Wildman–Crippen LogP) is -1.51. The van der Waals surface area contributed by atoms with Crippen molar-refractivity contribution in [2.45, 2.75) is 24.5 Å². The zero-order valence-electron chi connectivity index (χ0n) is 16.6. The Morgan fingerprint density at radius 3 is 2.17 bits per heavy atom. The summed E-state index contributed by atoms with van der Waals surface area (Å²) in [6.07, 6.45) is -4.40. The number of phosphoric acid groups is 4. The fourth-order valence-corrected chi connectivity index (χ4v) is 7.40. The van der Waals surface area contributed by atoms with Crippen LogP contribution in [0.1, 0.15) is 6.23 Å². The van der Waals surface area contributed by atoms with Gasteiger partial charge in [-0.05, 0) is 0 Å². The number of nitrogens with zero attached hydrogens (tertiary/aromatic N) is 4. The van der Waals surface area contributed by atoms with E-state index in [1.807, 2.05) is 0 Å². The van der Waals surface area contributed by atoms with Crippen molar-refractivity contribution in [3.05, 3.63) is 12.7 Å². The molecule has 2 unspecified atom stereocenters.